The van der Waals surface area contributed by atoms with Gasteiger partial charge in [0.2, 0.25) is 0 Å². The van der Waals surface area contributed by atoms with E-state index in [0.29, 0.717) is 6.61 Å². The Labute approximate surface area is 92.0 Å². The first kappa shape index (κ1) is 11.8. The molecule has 0 aliphatic carbocycles. The zero-order chi connectivity index (χ0) is 11.5. The van der Waals surface area contributed by atoms with Gasteiger partial charge in [-0.2, -0.15) is 0 Å². The van der Waals surface area contributed by atoms with Gasteiger partial charge in [-0.3, -0.25) is 4.99 Å². The van der Waals surface area contributed by atoms with Gasteiger partial charge in [0.15, 0.2) is 0 Å². The zero-order valence-electron chi connectivity index (χ0n) is 10.0. The lowest BCUT2D eigenvalue weighted by atomic mass is 9.99. The highest BCUT2D eigenvalue weighted by molar-refractivity contribution is 5.57. The largest absolute Gasteiger partial charge is 0.491 e. The van der Waals surface area contributed by atoms with Gasteiger partial charge in [-0.05, 0) is 36.8 Å². The summed E-state index contributed by atoms with van der Waals surface area (Å²) >= 11 is 0. The number of hydrogen-bond acceptors (Lipinski definition) is 2. The summed E-state index contributed by atoms with van der Waals surface area (Å²) in [5.74, 6) is 0.811. The van der Waals surface area contributed by atoms with E-state index in [1.807, 2.05) is 25.1 Å². The van der Waals surface area contributed by atoms with Gasteiger partial charge in [0.05, 0.1) is 6.61 Å². The molecule has 0 amide bonds. The Morgan fingerprint density at radius 3 is 2.53 bits per heavy atom. The lowest BCUT2D eigenvalue weighted by Gasteiger charge is -2.19. The molecule has 0 spiro atoms. The average molecular weight is 205 g/mol. The van der Waals surface area contributed by atoms with Crippen LogP contribution in [0.5, 0.6) is 5.75 Å². The molecule has 1 rings (SSSR count). The first-order chi connectivity index (χ1) is 6.92. The lowest BCUT2D eigenvalue weighted by molar-refractivity contribution is 0.198. The average Bonchev–Trinajstić information content (AvgIpc) is 2.14. The van der Waals surface area contributed by atoms with Crippen LogP contribution in [0, 0.1) is 12.3 Å². The van der Waals surface area contributed by atoms with Crippen molar-refractivity contribution in [3.8, 4) is 5.75 Å². The molecule has 0 aliphatic rings. The minimum atomic E-state index is 0.156. The van der Waals surface area contributed by atoms with E-state index in [1.165, 1.54) is 5.56 Å². The summed E-state index contributed by atoms with van der Waals surface area (Å²) in [7, 11) is 0. The van der Waals surface area contributed by atoms with E-state index in [0.717, 1.165) is 11.4 Å². The Hall–Kier alpha value is -1.31. The molecule has 1 aromatic rings. The van der Waals surface area contributed by atoms with Crippen LogP contribution in [0.3, 0.4) is 0 Å². The molecule has 0 heterocycles. The van der Waals surface area contributed by atoms with Crippen LogP contribution in [-0.2, 0) is 0 Å². The highest BCUT2D eigenvalue weighted by atomic mass is 16.5. The third kappa shape index (κ3) is 3.74. The predicted molar refractivity (Wildman–Crippen MR) is 65.3 cm³/mol. The third-order valence-corrected chi connectivity index (χ3v) is 1.95. The minimum absolute atomic E-state index is 0.156. The van der Waals surface area contributed by atoms with E-state index < -0.39 is 0 Å². The van der Waals surface area contributed by atoms with Crippen molar-refractivity contribution in [2.24, 2.45) is 10.4 Å². The Balaban J connectivity index is 2.81. The molecule has 2 nitrogen and oxygen atoms in total. The fraction of sp³-hybridized carbons (Fsp3) is 0.462. The quantitative estimate of drug-likeness (QED) is 0.689. The summed E-state index contributed by atoms with van der Waals surface area (Å²) in [6.07, 6.45) is 0. The molecule has 1 aromatic carbocycles. The molecule has 0 bridgehead atoms. The molecule has 0 fully saturated rings. The van der Waals surface area contributed by atoms with E-state index in [4.69, 9.17) is 4.74 Å². The third-order valence-electron chi connectivity index (χ3n) is 1.95. The van der Waals surface area contributed by atoms with Crippen LogP contribution in [0.1, 0.15) is 26.3 Å². The molecule has 2 heteroatoms. The number of aryl methyl sites for hydroxylation is 1. The highest BCUT2D eigenvalue weighted by Gasteiger charge is 2.12. The van der Waals surface area contributed by atoms with Crippen molar-refractivity contribution in [3.63, 3.8) is 0 Å². The van der Waals surface area contributed by atoms with Crippen LogP contribution in [0.2, 0.25) is 0 Å². The second-order valence-corrected chi connectivity index (χ2v) is 4.98. The van der Waals surface area contributed by atoms with Crippen molar-refractivity contribution in [1.82, 2.24) is 0 Å². The number of ether oxygens (including phenoxy) is 1. The fourth-order valence-corrected chi connectivity index (χ4v) is 1.17. The summed E-state index contributed by atoms with van der Waals surface area (Å²) in [6.45, 7) is 12.7. The van der Waals surface area contributed by atoms with Gasteiger partial charge in [0.25, 0.3) is 0 Å². The molecule has 82 valence electrons. The summed E-state index contributed by atoms with van der Waals surface area (Å²) < 4.78 is 5.71. The van der Waals surface area contributed by atoms with Crippen molar-refractivity contribution < 1.29 is 4.74 Å². The Morgan fingerprint density at radius 2 is 2.00 bits per heavy atom. The molecule has 0 atom stereocenters. The number of aliphatic imine (C=N–C) groups is 1. The van der Waals surface area contributed by atoms with Crippen LogP contribution < -0.4 is 4.74 Å². The standard InChI is InChI=1S/C13H19NO/c1-10-6-7-12(11(8-10)14-5)15-9-13(2,3)4/h6-8H,5,9H2,1-4H3. The Bertz CT molecular complexity index is 350. The van der Waals surface area contributed by atoms with Crippen LogP contribution in [-0.4, -0.2) is 13.3 Å². The molecule has 0 unspecified atom stereocenters. The fourth-order valence-electron chi connectivity index (χ4n) is 1.17. The van der Waals surface area contributed by atoms with Gasteiger partial charge in [-0.1, -0.05) is 26.8 Å². The number of benzene rings is 1. The highest BCUT2D eigenvalue weighted by Crippen LogP contribution is 2.29. The van der Waals surface area contributed by atoms with Crippen molar-refractivity contribution in [2.75, 3.05) is 6.61 Å². The number of rotatable bonds is 3. The van der Waals surface area contributed by atoms with E-state index in [9.17, 15) is 0 Å². The maximum Gasteiger partial charge on any atom is 0.144 e. The Kier molecular flexibility index (Phi) is 3.51. The first-order valence-corrected chi connectivity index (χ1v) is 5.12. The van der Waals surface area contributed by atoms with Gasteiger partial charge in [0.1, 0.15) is 11.4 Å². The van der Waals surface area contributed by atoms with Crippen molar-refractivity contribution >= 4 is 12.4 Å². The van der Waals surface area contributed by atoms with Crippen molar-refractivity contribution in [3.05, 3.63) is 23.8 Å². The summed E-state index contributed by atoms with van der Waals surface area (Å²) in [4.78, 5) is 3.96. The molecular weight excluding hydrogens is 186 g/mol. The Morgan fingerprint density at radius 1 is 1.33 bits per heavy atom. The molecule has 0 saturated heterocycles. The molecule has 0 N–H and O–H groups in total. The molecule has 0 aliphatic heterocycles. The SMILES string of the molecule is C=Nc1cc(C)ccc1OCC(C)(C)C. The van der Waals surface area contributed by atoms with Crippen LogP contribution in [0.15, 0.2) is 23.2 Å². The summed E-state index contributed by atoms with van der Waals surface area (Å²) in [5, 5.41) is 0. The topological polar surface area (TPSA) is 21.6 Å². The van der Waals surface area contributed by atoms with Gasteiger partial charge < -0.3 is 4.74 Å². The molecule has 0 saturated carbocycles. The lowest BCUT2D eigenvalue weighted by Crippen LogP contribution is -2.16. The first-order valence-electron chi connectivity index (χ1n) is 5.12. The molecular formula is C13H19NO. The second-order valence-electron chi connectivity index (χ2n) is 4.98. The minimum Gasteiger partial charge on any atom is -0.491 e. The number of nitrogens with zero attached hydrogens (tertiary/aromatic N) is 1. The van der Waals surface area contributed by atoms with Gasteiger partial charge >= 0.3 is 0 Å². The van der Waals surface area contributed by atoms with Crippen molar-refractivity contribution in [1.29, 1.82) is 0 Å². The van der Waals surface area contributed by atoms with E-state index in [2.05, 4.69) is 32.5 Å². The second kappa shape index (κ2) is 4.47. The van der Waals surface area contributed by atoms with Crippen LogP contribution >= 0.6 is 0 Å². The normalized spacial score (nSPS) is 11.2. The van der Waals surface area contributed by atoms with Gasteiger partial charge in [0, 0.05) is 0 Å². The summed E-state index contributed by atoms with van der Waals surface area (Å²) in [5.41, 5.74) is 2.14. The maximum absolute atomic E-state index is 5.71. The van der Waals surface area contributed by atoms with E-state index in [-0.39, 0.29) is 5.41 Å². The number of hydrogen-bond donors (Lipinski definition) is 0. The van der Waals surface area contributed by atoms with E-state index >= 15 is 0 Å². The van der Waals surface area contributed by atoms with Gasteiger partial charge in [-0.15, -0.1) is 0 Å². The smallest absolute Gasteiger partial charge is 0.144 e. The maximum atomic E-state index is 5.71. The zero-order valence-corrected chi connectivity index (χ0v) is 10.0. The molecule has 15 heavy (non-hydrogen) atoms. The summed E-state index contributed by atoms with van der Waals surface area (Å²) in [6, 6.07) is 5.95. The van der Waals surface area contributed by atoms with Crippen LogP contribution in [0.4, 0.5) is 5.69 Å². The van der Waals surface area contributed by atoms with E-state index in [1.54, 1.807) is 0 Å². The van der Waals surface area contributed by atoms with Gasteiger partial charge in [-0.25, -0.2) is 0 Å². The van der Waals surface area contributed by atoms with Crippen LogP contribution in [0.25, 0.3) is 0 Å². The van der Waals surface area contributed by atoms with Crippen molar-refractivity contribution in [2.45, 2.75) is 27.7 Å². The molecule has 0 aromatic heterocycles. The molecule has 0 radical (unpaired) electrons. The monoisotopic (exact) mass is 205 g/mol. The predicted octanol–water partition coefficient (Wildman–Crippen LogP) is 3.75.